The van der Waals surface area contributed by atoms with Gasteiger partial charge in [0.05, 0.1) is 16.9 Å². The van der Waals surface area contributed by atoms with Crippen molar-refractivity contribution >= 4 is 15.9 Å². The van der Waals surface area contributed by atoms with Crippen molar-refractivity contribution in [2.24, 2.45) is 5.92 Å². The lowest BCUT2D eigenvalue weighted by molar-refractivity contribution is -0.126. The molecule has 0 radical (unpaired) electrons. The Morgan fingerprint density at radius 1 is 1.14 bits per heavy atom. The lowest BCUT2D eigenvalue weighted by Gasteiger charge is -2.32. The van der Waals surface area contributed by atoms with E-state index in [1.54, 1.807) is 30.3 Å². The van der Waals surface area contributed by atoms with E-state index in [1.165, 1.54) is 9.87 Å². The van der Waals surface area contributed by atoms with Crippen LogP contribution in [0.4, 0.5) is 0 Å². The Balaban J connectivity index is 1.65. The SMILES string of the molecule is CCc1ccc([C@H](C)NC(=O)[C@@H]2CCCN(S(=O)(=O)c3ccccc3)C2)cc1. The summed E-state index contributed by atoms with van der Waals surface area (Å²) >= 11 is 0. The highest BCUT2D eigenvalue weighted by Crippen LogP contribution is 2.24. The fourth-order valence-electron chi connectivity index (χ4n) is 3.57. The molecular weight excluding hydrogens is 372 g/mol. The first-order valence-corrected chi connectivity index (χ1v) is 11.3. The molecule has 0 spiro atoms. The number of nitrogens with zero attached hydrogens (tertiary/aromatic N) is 1. The number of amides is 1. The highest BCUT2D eigenvalue weighted by atomic mass is 32.2. The van der Waals surface area contributed by atoms with Gasteiger partial charge in [-0.25, -0.2) is 8.42 Å². The lowest BCUT2D eigenvalue weighted by Crippen LogP contribution is -2.45. The maximum Gasteiger partial charge on any atom is 0.243 e. The van der Waals surface area contributed by atoms with Crippen molar-refractivity contribution < 1.29 is 13.2 Å². The maximum absolute atomic E-state index is 12.9. The lowest BCUT2D eigenvalue weighted by atomic mass is 9.97. The van der Waals surface area contributed by atoms with Crippen LogP contribution >= 0.6 is 0 Å². The molecule has 2 aromatic carbocycles. The highest BCUT2D eigenvalue weighted by molar-refractivity contribution is 7.89. The molecule has 5 nitrogen and oxygen atoms in total. The van der Waals surface area contributed by atoms with Crippen molar-refractivity contribution in [3.8, 4) is 0 Å². The molecule has 2 atom stereocenters. The second kappa shape index (κ2) is 8.88. The third-order valence-electron chi connectivity index (χ3n) is 5.38. The highest BCUT2D eigenvalue weighted by Gasteiger charge is 2.33. The van der Waals surface area contributed by atoms with E-state index >= 15 is 0 Å². The fourth-order valence-corrected chi connectivity index (χ4v) is 5.12. The minimum Gasteiger partial charge on any atom is -0.349 e. The van der Waals surface area contributed by atoms with Gasteiger partial charge >= 0.3 is 0 Å². The van der Waals surface area contributed by atoms with Gasteiger partial charge in [-0.2, -0.15) is 4.31 Å². The van der Waals surface area contributed by atoms with E-state index in [0.717, 1.165) is 12.0 Å². The maximum atomic E-state index is 12.9. The second-order valence-corrected chi connectivity index (χ2v) is 9.28. The zero-order valence-electron chi connectivity index (χ0n) is 16.5. The van der Waals surface area contributed by atoms with Gasteiger partial charge in [0.15, 0.2) is 0 Å². The van der Waals surface area contributed by atoms with E-state index in [2.05, 4.69) is 24.4 Å². The van der Waals surface area contributed by atoms with E-state index in [9.17, 15) is 13.2 Å². The number of hydrogen-bond donors (Lipinski definition) is 1. The third kappa shape index (κ3) is 4.62. The number of nitrogens with one attached hydrogen (secondary N) is 1. The van der Waals surface area contributed by atoms with Crippen molar-refractivity contribution in [2.75, 3.05) is 13.1 Å². The van der Waals surface area contributed by atoms with Crippen LogP contribution in [0.1, 0.15) is 43.9 Å². The van der Waals surface area contributed by atoms with Crippen LogP contribution in [-0.4, -0.2) is 31.7 Å². The summed E-state index contributed by atoms with van der Waals surface area (Å²) in [5, 5.41) is 3.05. The molecule has 0 bridgehead atoms. The summed E-state index contributed by atoms with van der Waals surface area (Å²) < 4.78 is 27.1. The number of hydrogen-bond acceptors (Lipinski definition) is 3. The minimum atomic E-state index is -3.56. The van der Waals surface area contributed by atoms with Crippen molar-refractivity contribution in [2.45, 2.75) is 44.0 Å². The quantitative estimate of drug-likeness (QED) is 0.807. The molecule has 0 aliphatic carbocycles. The summed E-state index contributed by atoms with van der Waals surface area (Å²) in [4.78, 5) is 13.1. The van der Waals surface area contributed by atoms with Gasteiger partial charge in [0.1, 0.15) is 0 Å². The van der Waals surface area contributed by atoms with Crippen LogP contribution in [-0.2, 0) is 21.2 Å². The zero-order chi connectivity index (χ0) is 20.1. The predicted octanol–water partition coefficient (Wildman–Crippen LogP) is 3.53. The Morgan fingerprint density at radius 3 is 2.46 bits per heavy atom. The molecule has 3 rings (SSSR count). The van der Waals surface area contributed by atoms with Gasteiger partial charge in [0.2, 0.25) is 15.9 Å². The smallest absolute Gasteiger partial charge is 0.243 e. The van der Waals surface area contributed by atoms with Gasteiger partial charge < -0.3 is 5.32 Å². The van der Waals surface area contributed by atoms with E-state index in [4.69, 9.17) is 0 Å². The first kappa shape index (κ1) is 20.6. The van der Waals surface area contributed by atoms with Gasteiger partial charge in [-0.1, -0.05) is 49.4 Å². The Hall–Kier alpha value is -2.18. The molecule has 1 N–H and O–H groups in total. The van der Waals surface area contributed by atoms with E-state index in [-0.39, 0.29) is 29.3 Å². The minimum absolute atomic E-state index is 0.0833. The molecule has 1 saturated heterocycles. The van der Waals surface area contributed by atoms with Crippen LogP contribution in [0.25, 0.3) is 0 Å². The number of carbonyl (C=O) groups is 1. The number of rotatable bonds is 6. The van der Waals surface area contributed by atoms with Crippen molar-refractivity contribution in [3.63, 3.8) is 0 Å². The number of piperidine rings is 1. The molecular formula is C22H28N2O3S. The first-order valence-electron chi connectivity index (χ1n) is 9.86. The van der Waals surface area contributed by atoms with Gasteiger partial charge in [0.25, 0.3) is 0 Å². The number of benzene rings is 2. The third-order valence-corrected chi connectivity index (χ3v) is 7.26. The van der Waals surface area contributed by atoms with Gasteiger partial charge in [-0.3, -0.25) is 4.79 Å². The fraction of sp³-hybridized carbons (Fsp3) is 0.409. The molecule has 1 fully saturated rings. The summed E-state index contributed by atoms with van der Waals surface area (Å²) in [5.41, 5.74) is 2.31. The monoisotopic (exact) mass is 400 g/mol. The van der Waals surface area contributed by atoms with Gasteiger partial charge in [0, 0.05) is 13.1 Å². The van der Waals surface area contributed by atoms with Crippen LogP contribution in [0, 0.1) is 5.92 Å². The Kier molecular flexibility index (Phi) is 6.52. The summed E-state index contributed by atoms with van der Waals surface area (Å²) in [5.74, 6) is -0.412. The molecule has 1 aliphatic heterocycles. The Bertz CT molecular complexity index is 895. The van der Waals surface area contributed by atoms with Gasteiger partial charge in [-0.05, 0) is 49.4 Å². The summed E-state index contributed by atoms with van der Waals surface area (Å²) in [7, 11) is -3.56. The van der Waals surface area contributed by atoms with Crippen LogP contribution in [0.15, 0.2) is 59.5 Å². The number of aryl methyl sites for hydroxylation is 1. The molecule has 0 saturated carbocycles. The van der Waals surface area contributed by atoms with Gasteiger partial charge in [-0.15, -0.1) is 0 Å². The molecule has 150 valence electrons. The van der Waals surface area contributed by atoms with Crippen LogP contribution < -0.4 is 5.32 Å². The van der Waals surface area contributed by atoms with Crippen LogP contribution in [0.3, 0.4) is 0 Å². The molecule has 1 amide bonds. The first-order chi connectivity index (χ1) is 13.4. The second-order valence-electron chi connectivity index (χ2n) is 7.34. The standard InChI is InChI=1S/C22H28N2O3S/c1-3-18-11-13-19(14-12-18)17(2)23-22(25)20-8-7-15-24(16-20)28(26,27)21-9-5-4-6-10-21/h4-6,9-14,17,20H,3,7-8,15-16H2,1-2H3,(H,23,25)/t17-,20+/m0/s1. The predicted molar refractivity (Wildman–Crippen MR) is 110 cm³/mol. The molecule has 1 heterocycles. The van der Waals surface area contributed by atoms with Crippen LogP contribution in [0.2, 0.25) is 0 Å². The number of carbonyl (C=O) groups excluding carboxylic acids is 1. The summed E-state index contributed by atoms with van der Waals surface area (Å²) in [6.07, 6.45) is 2.37. The van der Waals surface area contributed by atoms with E-state index in [1.807, 2.05) is 19.1 Å². The zero-order valence-corrected chi connectivity index (χ0v) is 17.3. The topological polar surface area (TPSA) is 66.5 Å². The molecule has 0 unspecified atom stereocenters. The molecule has 28 heavy (non-hydrogen) atoms. The molecule has 0 aromatic heterocycles. The normalized spacial score (nSPS) is 19.1. The van der Waals surface area contributed by atoms with E-state index in [0.29, 0.717) is 19.4 Å². The van der Waals surface area contributed by atoms with Crippen molar-refractivity contribution in [1.82, 2.24) is 9.62 Å². The average molecular weight is 401 g/mol. The molecule has 6 heteroatoms. The number of sulfonamides is 1. The Morgan fingerprint density at radius 2 is 1.82 bits per heavy atom. The van der Waals surface area contributed by atoms with E-state index < -0.39 is 10.0 Å². The van der Waals surface area contributed by atoms with Crippen LogP contribution in [0.5, 0.6) is 0 Å². The molecule has 1 aliphatic rings. The summed E-state index contributed by atoms with van der Waals surface area (Å²) in [6.45, 7) is 4.75. The Labute approximate surface area is 167 Å². The average Bonchev–Trinajstić information content (AvgIpc) is 2.74. The van der Waals surface area contributed by atoms with Crippen molar-refractivity contribution in [1.29, 1.82) is 0 Å². The molecule has 2 aromatic rings. The largest absolute Gasteiger partial charge is 0.349 e. The summed E-state index contributed by atoms with van der Waals surface area (Å²) in [6, 6.07) is 16.5. The van der Waals surface area contributed by atoms with Crippen molar-refractivity contribution in [3.05, 3.63) is 65.7 Å².